The Bertz CT molecular complexity index is 581. The van der Waals surface area contributed by atoms with E-state index in [9.17, 15) is 0 Å². The van der Waals surface area contributed by atoms with Crippen LogP contribution in [-0.2, 0) is 6.54 Å². The van der Waals surface area contributed by atoms with Crippen molar-refractivity contribution < 1.29 is 4.52 Å². The molecule has 1 aliphatic rings. The first kappa shape index (κ1) is 15.3. The molecule has 118 valence electrons. The van der Waals surface area contributed by atoms with Gasteiger partial charge >= 0.3 is 0 Å². The number of aromatic nitrogens is 1. The molecule has 4 heteroatoms. The third-order valence-corrected chi connectivity index (χ3v) is 4.80. The average molecular weight is 299 g/mol. The molecule has 1 atom stereocenters. The van der Waals surface area contributed by atoms with Gasteiger partial charge in [-0.15, -0.1) is 0 Å². The van der Waals surface area contributed by atoms with Crippen LogP contribution in [0.1, 0.15) is 35.5 Å². The monoisotopic (exact) mass is 299 g/mol. The third-order valence-electron chi connectivity index (χ3n) is 4.80. The molecule has 2 heterocycles. The van der Waals surface area contributed by atoms with Crippen molar-refractivity contribution in [3.8, 4) is 0 Å². The highest BCUT2D eigenvalue weighted by molar-refractivity contribution is 5.21. The summed E-state index contributed by atoms with van der Waals surface area (Å²) in [6.45, 7) is 11.7. The summed E-state index contributed by atoms with van der Waals surface area (Å²) in [6.07, 6.45) is 0. The summed E-state index contributed by atoms with van der Waals surface area (Å²) in [5.74, 6) is 0.956. The lowest BCUT2D eigenvalue weighted by Gasteiger charge is -2.38. The van der Waals surface area contributed by atoms with Gasteiger partial charge in [-0.3, -0.25) is 9.80 Å². The maximum absolute atomic E-state index is 5.27. The Morgan fingerprint density at radius 2 is 1.77 bits per heavy atom. The average Bonchev–Trinajstić information content (AvgIpc) is 2.88. The lowest BCUT2D eigenvalue weighted by atomic mass is 10.1. The zero-order valence-corrected chi connectivity index (χ0v) is 13.7. The van der Waals surface area contributed by atoms with Crippen LogP contribution in [0, 0.1) is 13.8 Å². The predicted octanol–water partition coefficient (Wildman–Crippen LogP) is 3.17. The molecular formula is C18H25N3O. The molecule has 0 saturated carbocycles. The SMILES string of the molecule is Cc1noc(C)c1CN1CCN(C(C)c2ccccc2)CC1. The Morgan fingerprint density at radius 3 is 2.36 bits per heavy atom. The molecule has 0 spiro atoms. The van der Waals surface area contributed by atoms with Crippen molar-refractivity contribution in [2.45, 2.75) is 33.4 Å². The Balaban J connectivity index is 1.56. The van der Waals surface area contributed by atoms with Gasteiger partial charge in [0.05, 0.1) is 5.69 Å². The molecule has 0 bridgehead atoms. The number of benzene rings is 1. The topological polar surface area (TPSA) is 32.5 Å². The van der Waals surface area contributed by atoms with Crippen LogP contribution in [0.4, 0.5) is 0 Å². The maximum atomic E-state index is 5.27. The number of aryl methyl sites for hydroxylation is 2. The molecule has 0 radical (unpaired) electrons. The van der Waals surface area contributed by atoms with E-state index >= 15 is 0 Å². The Morgan fingerprint density at radius 1 is 1.09 bits per heavy atom. The first-order valence-electron chi connectivity index (χ1n) is 8.08. The second-order valence-electron chi connectivity index (χ2n) is 6.20. The highest BCUT2D eigenvalue weighted by Crippen LogP contribution is 2.22. The number of hydrogen-bond donors (Lipinski definition) is 0. The summed E-state index contributed by atoms with van der Waals surface area (Å²) >= 11 is 0. The molecule has 2 aromatic rings. The van der Waals surface area contributed by atoms with Crippen molar-refractivity contribution in [2.24, 2.45) is 0 Å². The molecule has 0 aliphatic carbocycles. The van der Waals surface area contributed by atoms with Crippen LogP contribution in [0.15, 0.2) is 34.9 Å². The van der Waals surface area contributed by atoms with Gasteiger partial charge in [0.1, 0.15) is 5.76 Å². The largest absolute Gasteiger partial charge is 0.361 e. The first-order chi connectivity index (χ1) is 10.6. The lowest BCUT2D eigenvalue weighted by molar-refractivity contribution is 0.0974. The van der Waals surface area contributed by atoms with Crippen molar-refractivity contribution in [2.75, 3.05) is 26.2 Å². The Labute approximate surface area is 132 Å². The summed E-state index contributed by atoms with van der Waals surface area (Å²) in [7, 11) is 0. The van der Waals surface area contributed by atoms with Gasteiger partial charge in [-0.05, 0) is 26.3 Å². The number of hydrogen-bond acceptors (Lipinski definition) is 4. The van der Waals surface area contributed by atoms with Crippen molar-refractivity contribution in [1.29, 1.82) is 0 Å². The van der Waals surface area contributed by atoms with Crippen molar-refractivity contribution in [3.05, 3.63) is 52.9 Å². The molecule has 22 heavy (non-hydrogen) atoms. The molecule has 1 aliphatic heterocycles. The summed E-state index contributed by atoms with van der Waals surface area (Å²) in [5.41, 5.74) is 3.68. The van der Waals surface area contributed by atoms with Crippen LogP contribution in [0.25, 0.3) is 0 Å². The standard InChI is InChI=1S/C18H25N3O/c1-14-18(16(3)22-19-14)13-20-9-11-21(12-10-20)15(2)17-7-5-4-6-8-17/h4-8,15H,9-13H2,1-3H3. The smallest absolute Gasteiger partial charge is 0.138 e. The van der Waals surface area contributed by atoms with E-state index in [0.717, 1.165) is 44.2 Å². The van der Waals surface area contributed by atoms with Crippen molar-refractivity contribution in [1.82, 2.24) is 15.0 Å². The van der Waals surface area contributed by atoms with E-state index in [0.29, 0.717) is 6.04 Å². The fraction of sp³-hybridized carbons (Fsp3) is 0.500. The van der Waals surface area contributed by atoms with Crippen LogP contribution in [0.2, 0.25) is 0 Å². The minimum atomic E-state index is 0.488. The molecule has 4 nitrogen and oxygen atoms in total. The van der Waals surface area contributed by atoms with Gasteiger partial charge in [0.2, 0.25) is 0 Å². The second kappa shape index (κ2) is 6.63. The molecule has 0 N–H and O–H groups in total. The van der Waals surface area contributed by atoms with Crippen LogP contribution in [-0.4, -0.2) is 41.1 Å². The van der Waals surface area contributed by atoms with E-state index in [4.69, 9.17) is 4.52 Å². The number of nitrogens with zero attached hydrogens (tertiary/aromatic N) is 3. The van der Waals surface area contributed by atoms with Crippen LogP contribution >= 0.6 is 0 Å². The van der Waals surface area contributed by atoms with E-state index < -0.39 is 0 Å². The molecular weight excluding hydrogens is 274 g/mol. The molecule has 1 fully saturated rings. The van der Waals surface area contributed by atoms with Gasteiger partial charge in [0, 0.05) is 44.3 Å². The van der Waals surface area contributed by atoms with E-state index in [1.807, 2.05) is 13.8 Å². The molecule has 0 amide bonds. The van der Waals surface area contributed by atoms with Gasteiger partial charge in [0.25, 0.3) is 0 Å². The number of piperazine rings is 1. The molecule has 3 rings (SSSR count). The summed E-state index contributed by atoms with van der Waals surface area (Å²) in [5, 5.41) is 4.05. The zero-order chi connectivity index (χ0) is 15.5. The second-order valence-corrected chi connectivity index (χ2v) is 6.20. The number of rotatable bonds is 4. The van der Waals surface area contributed by atoms with Crippen molar-refractivity contribution >= 4 is 0 Å². The Hall–Kier alpha value is -1.65. The van der Waals surface area contributed by atoms with E-state index in [1.165, 1.54) is 11.1 Å². The van der Waals surface area contributed by atoms with Crippen molar-refractivity contribution in [3.63, 3.8) is 0 Å². The highest BCUT2D eigenvalue weighted by Gasteiger charge is 2.23. The van der Waals surface area contributed by atoms with Gasteiger partial charge in [-0.1, -0.05) is 35.5 Å². The van der Waals surface area contributed by atoms with E-state index in [1.54, 1.807) is 0 Å². The predicted molar refractivity (Wildman–Crippen MR) is 87.7 cm³/mol. The summed E-state index contributed by atoms with van der Waals surface area (Å²) in [4.78, 5) is 5.07. The van der Waals surface area contributed by atoms with Crippen LogP contribution in [0.5, 0.6) is 0 Å². The van der Waals surface area contributed by atoms with E-state index in [-0.39, 0.29) is 0 Å². The van der Waals surface area contributed by atoms with Crippen LogP contribution < -0.4 is 0 Å². The summed E-state index contributed by atoms with van der Waals surface area (Å²) < 4.78 is 5.27. The minimum Gasteiger partial charge on any atom is -0.361 e. The van der Waals surface area contributed by atoms with Crippen LogP contribution in [0.3, 0.4) is 0 Å². The molecule has 1 aromatic carbocycles. The minimum absolute atomic E-state index is 0.488. The fourth-order valence-corrected chi connectivity index (χ4v) is 3.20. The van der Waals surface area contributed by atoms with Gasteiger partial charge in [-0.25, -0.2) is 0 Å². The molecule has 1 saturated heterocycles. The Kier molecular flexibility index (Phi) is 4.60. The zero-order valence-electron chi connectivity index (χ0n) is 13.7. The quantitative estimate of drug-likeness (QED) is 0.868. The van der Waals surface area contributed by atoms with Gasteiger partial charge in [0.15, 0.2) is 0 Å². The third kappa shape index (κ3) is 3.23. The molecule has 1 aromatic heterocycles. The lowest BCUT2D eigenvalue weighted by Crippen LogP contribution is -2.46. The molecule has 1 unspecified atom stereocenters. The summed E-state index contributed by atoms with van der Waals surface area (Å²) in [6, 6.07) is 11.3. The fourth-order valence-electron chi connectivity index (χ4n) is 3.20. The maximum Gasteiger partial charge on any atom is 0.138 e. The van der Waals surface area contributed by atoms with E-state index in [2.05, 4.69) is 52.2 Å². The normalized spacial score (nSPS) is 18.5. The van der Waals surface area contributed by atoms with Gasteiger partial charge in [-0.2, -0.15) is 0 Å². The van der Waals surface area contributed by atoms with Gasteiger partial charge < -0.3 is 4.52 Å². The highest BCUT2D eigenvalue weighted by atomic mass is 16.5. The first-order valence-corrected chi connectivity index (χ1v) is 8.08.